The number of carbonyl (C=O) groups is 1. The fourth-order valence-electron chi connectivity index (χ4n) is 1.78. The summed E-state index contributed by atoms with van der Waals surface area (Å²) in [5, 5.41) is 0. The fraction of sp³-hybridized carbons (Fsp3) is 0.417. The van der Waals surface area contributed by atoms with Crippen LogP contribution in [0, 0.1) is 29.1 Å². The monoisotopic (exact) mass is 359 g/mol. The summed E-state index contributed by atoms with van der Waals surface area (Å²) in [5.74, 6) is -13.4. The van der Waals surface area contributed by atoms with Gasteiger partial charge in [-0.05, 0) is 13.8 Å². The summed E-state index contributed by atoms with van der Waals surface area (Å²) in [6.07, 6.45) is 0. The van der Waals surface area contributed by atoms with Crippen molar-refractivity contribution in [1.29, 1.82) is 0 Å². The SMILES string of the molecule is CCO[Si](O)(OCC)C(N)C(=O)c1c(F)c(F)c(F)c(F)c1F. The zero-order chi connectivity index (χ0) is 17.9. The molecule has 1 atom stereocenters. The molecule has 5 nitrogen and oxygen atoms in total. The number of carbonyl (C=O) groups excluding carboxylic acids is 1. The number of ketones is 1. The van der Waals surface area contributed by atoms with Crippen molar-refractivity contribution in [2.24, 2.45) is 5.73 Å². The number of Topliss-reactive ketones (excluding diaryl/α,β-unsaturated/α-hetero) is 1. The molecule has 0 aliphatic carbocycles. The molecule has 0 fully saturated rings. The van der Waals surface area contributed by atoms with Crippen LogP contribution >= 0.6 is 0 Å². The lowest BCUT2D eigenvalue weighted by Gasteiger charge is -2.27. The van der Waals surface area contributed by atoms with Gasteiger partial charge in [-0.3, -0.25) is 4.79 Å². The summed E-state index contributed by atoms with van der Waals surface area (Å²) in [6.45, 7) is 2.54. The van der Waals surface area contributed by atoms with E-state index in [2.05, 4.69) is 0 Å². The molecular formula is C12H14F5NO4Si. The number of halogens is 5. The van der Waals surface area contributed by atoms with E-state index in [1.165, 1.54) is 13.8 Å². The van der Waals surface area contributed by atoms with Crippen molar-refractivity contribution >= 4 is 14.6 Å². The summed E-state index contributed by atoms with van der Waals surface area (Å²) >= 11 is 0. The maximum Gasteiger partial charge on any atom is 0.524 e. The molecule has 3 N–H and O–H groups in total. The first-order valence-corrected chi connectivity index (χ1v) is 8.27. The van der Waals surface area contributed by atoms with Gasteiger partial charge in [0.2, 0.25) is 5.82 Å². The standard InChI is InChI=1S/C12H14F5NO4Si/c1-3-21-23(20,22-4-2)12(18)11(19)5-6(13)8(15)10(17)9(16)7(5)14/h12,20H,3-4,18H2,1-2H3. The second kappa shape index (κ2) is 7.44. The van der Waals surface area contributed by atoms with E-state index in [1.54, 1.807) is 0 Å². The minimum absolute atomic E-state index is 0.152. The average molecular weight is 359 g/mol. The molecule has 11 heteroatoms. The van der Waals surface area contributed by atoms with Crippen molar-refractivity contribution < 1.29 is 40.4 Å². The molecule has 0 saturated heterocycles. The summed E-state index contributed by atoms with van der Waals surface area (Å²) in [6, 6.07) is 0. The Labute approximate surface area is 129 Å². The molecule has 1 rings (SSSR count). The second-order valence-corrected chi connectivity index (χ2v) is 6.74. The molecule has 23 heavy (non-hydrogen) atoms. The average Bonchev–Trinajstić information content (AvgIpc) is 2.50. The summed E-state index contributed by atoms with van der Waals surface area (Å²) < 4.78 is 76.3. The zero-order valence-corrected chi connectivity index (χ0v) is 13.1. The van der Waals surface area contributed by atoms with Gasteiger partial charge in [-0.1, -0.05) is 0 Å². The molecule has 130 valence electrons. The molecule has 0 radical (unpaired) electrons. The van der Waals surface area contributed by atoms with Gasteiger partial charge in [0.1, 0.15) is 5.67 Å². The number of rotatable bonds is 7. The van der Waals surface area contributed by atoms with Crippen LogP contribution in [-0.4, -0.2) is 38.3 Å². The van der Waals surface area contributed by atoms with E-state index < -0.39 is 54.9 Å². The second-order valence-electron chi connectivity index (χ2n) is 4.28. The third-order valence-corrected chi connectivity index (χ3v) is 5.29. The van der Waals surface area contributed by atoms with Gasteiger partial charge in [-0.15, -0.1) is 0 Å². The topological polar surface area (TPSA) is 81.8 Å². The predicted molar refractivity (Wildman–Crippen MR) is 69.8 cm³/mol. The highest BCUT2D eigenvalue weighted by atomic mass is 28.4. The molecule has 0 aromatic heterocycles. The maximum atomic E-state index is 13.6. The van der Waals surface area contributed by atoms with Crippen LogP contribution in [-0.2, 0) is 8.85 Å². The Kier molecular flexibility index (Phi) is 6.36. The highest BCUT2D eigenvalue weighted by molar-refractivity contribution is 6.66. The molecule has 0 heterocycles. The van der Waals surface area contributed by atoms with Crippen LogP contribution in [0.3, 0.4) is 0 Å². The lowest BCUT2D eigenvalue weighted by molar-refractivity contribution is 0.0798. The summed E-state index contributed by atoms with van der Waals surface area (Å²) in [7, 11) is -4.44. The van der Waals surface area contributed by atoms with Crippen molar-refractivity contribution in [1.82, 2.24) is 0 Å². The smallest absolute Gasteiger partial charge is 0.389 e. The van der Waals surface area contributed by atoms with Gasteiger partial charge < -0.3 is 19.4 Å². The lowest BCUT2D eigenvalue weighted by atomic mass is 10.1. The van der Waals surface area contributed by atoms with Crippen molar-refractivity contribution in [3.63, 3.8) is 0 Å². The van der Waals surface area contributed by atoms with E-state index in [4.69, 9.17) is 14.6 Å². The Morgan fingerprint density at radius 2 is 1.35 bits per heavy atom. The molecule has 0 saturated carbocycles. The molecular weight excluding hydrogens is 345 g/mol. The van der Waals surface area contributed by atoms with E-state index in [0.717, 1.165) is 0 Å². The Morgan fingerprint density at radius 1 is 1.00 bits per heavy atom. The molecule has 1 unspecified atom stereocenters. The number of benzene rings is 1. The molecule has 0 spiro atoms. The largest absolute Gasteiger partial charge is 0.524 e. The van der Waals surface area contributed by atoms with Crippen LogP contribution < -0.4 is 5.73 Å². The van der Waals surface area contributed by atoms with Crippen molar-refractivity contribution in [2.75, 3.05) is 13.2 Å². The van der Waals surface area contributed by atoms with Crippen molar-refractivity contribution in [2.45, 2.75) is 19.5 Å². The van der Waals surface area contributed by atoms with Gasteiger partial charge in [0.15, 0.2) is 29.1 Å². The van der Waals surface area contributed by atoms with Crippen LogP contribution in [0.25, 0.3) is 0 Å². The highest BCUT2D eigenvalue weighted by Crippen LogP contribution is 2.25. The van der Waals surface area contributed by atoms with E-state index in [0.29, 0.717) is 0 Å². The number of hydrogen-bond acceptors (Lipinski definition) is 5. The molecule has 0 aliphatic heterocycles. The Hall–Kier alpha value is -1.40. The zero-order valence-electron chi connectivity index (χ0n) is 12.1. The highest BCUT2D eigenvalue weighted by Gasteiger charge is 2.50. The Morgan fingerprint density at radius 3 is 1.70 bits per heavy atom. The van der Waals surface area contributed by atoms with Gasteiger partial charge in [-0.25, -0.2) is 22.0 Å². The lowest BCUT2D eigenvalue weighted by Crippen LogP contribution is -2.62. The quantitative estimate of drug-likeness (QED) is 0.253. The van der Waals surface area contributed by atoms with E-state index in [9.17, 15) is 31.5 Å². The minimum Gasteiger partial charge on any atom is -0.389 e. The fourth-order valence-corrected chi connectivity index (χ4v) is 3.52. The number of hydrogen-bond donors (Lipinski definition) is 2. The molecule has 0 amide bonds. The van der Waals surface area contributed by atoms with Gasteiger partial charge in [0, 0.05) is 13.2 Å². The van der Waals surface area contributed by atoms with E-state index >= 15 is 0 Å². The van der Waals surface area contributed by atoms with Crippen LogP contribution in [0.15, 0.2) is 0 Å². The van der Waals surface area contributed by atoms with Crippen LogP contribution in [0.5, 0.6) is 0 Å². The van der Waals surface area contributed by atoms with Gasteiger partial charge >= 0.3 is 8.80 Å². The minimum atomic E-state index is -4.44. The van der Waals surface area contributed by atoms with Gasteiger partial charge in [0.05, 0.1) is 5.56 Å². The van der Waals surface area contributed by atoms with Crippen LogP contribution in [0.2, 0.25) is 0 Å². The van der Waals surface area contributed by atoms with Crippen molar-refractivity contribution in [3.8, 4) is 0 Å². The predicted octanol–water partition coefficient (Wildman–Crippen LogP) is 1.44. The van der Waals surface area contributed by atoms with Crippen LogP contribution in [0.4, 0.5) is 22.0 Å². The Bertz CT molecular complexity index is 581. The summed E-state index contributed by atoms with van der Waals surface area (Å²) in [5.41, 5.74) is 1.55. The normalized spacial score (nSPS) is 13.3. The molecule has 1 aromatic rings. The van der Waals surface area contributed by atoms with E-state index in [1.807, 2.05) is 0 Å². The third kappa shape index (κ3) is 3.58. The van der Waals surface area contributed by atoms with Gasteiger partial charge in [-0.2, -0.15) is 0 Å². The molecule has 0 bridgehead atoms. The van der Waals surface area contributed by atoms with Gasteiger partial charge in [0.25, 0.3) is 0 Å². The maximum absolute atomic E-state index is 13.6. The van der Waals surface area contributed by atoms with Crippen LogP contribution in [0.1, 0.15) is 24.2 Å². The van der Waals surface area contributed by atoms with Crippen molar-refractivity contribution in [3.05, 3.63) is 34.6 Å². The van der Waals surface area contributed by atoms with E-state index in [-0.39, 0.29) is 13.2 Å². The first-order valence-electron chi connectivity index (χ1n) is 6.43. The Balaban J connectivity index is 3.39. The third-order valence-electron chi connectivity index (χ3n) is 2.83. The first kappa shape index (κ1) is 19.6. The molecule has 1 aromatic carbocycles. The molecule has 0 aliphatic rings. The summed E-state index contributed by atoms with van der Waals surface area (Å²) in [4.78, 5) is 22.2. The number of nitrogens with two attached hydrogens (primary N) is 1. The first-order chi connectivity index (χ1) is 10.6.